The highest BCUT2D eigenvalue weighted by Gasteiger charge is 2.04. The van der Waals surface area contributed by atoms with E-state index in [0.717, 1.165) is 5.56 Å². The highest BCUT2D eigenvalue weighted by molar-refractivity contribution is 6.31. The van der Waals surface area contributed by atoms with Gasteiger partial charge < -0.3 is 20.3 Å². The summed E-state index contributed by atoms with van der Waals surface area (Å²) in [7, 11) is 1.58. The zero-order valence-electron chi connectivity index (χ0n) is 9.11. The average molecular weight is 246 g/mol. The van der Waals surface area contributed by atoms with Gasteiger partial charge in [0.2, 0.25) is 0 Å². The standard InChI is InChI=1S/C11H16ClNO3/c1-16-10-3-2-8(11(12)4-10)5-13-6-9(15)7-14/h2-4,9,13-15H,5-7H2,1H3. The fraction of sp³-hybridized carbons (Fsp3) is 0.455. The number of rotatable bonds is 6. The van der Waals surface area contributed by atoms with E-state index < -0.39 is 6.10 Å². The van der Waals surface area contributed by atoms with Crippen LogP contribution >= 0.6 is 11.6 Å². The maximum absolute atomic E-state index is 9.12. The SMILES string of the molecule is COc1ccc(CNCC(O)CO)c(Cl)c1. The van der Waals surface area contributed by atoms with Crippen LogP contribution in [0.5, 0.6) is 5.75 Å². The lowest BCUT2D eigenvalue weighted by Crippen LogP contribution is -2.28. The molecule has 1 rings (SSSR count). The summed E-state index contributed by atoms with van der Waals surface area (Å²) in [5.74, 6) is 0.712. The molecule has 1 aromatic carbocycles. The van der Waals surface area contributed by atoms with E-state index in [1.165, 1.54) is 0 Å². The minimum absolute atomic E-state index is 0.247. The number of nitrogens with one attached hydrogen (secondary N) is 1. The normalized spacial score (nSPS) is 12.5. The predicted molar refractivity (Wildman–Crippen MR) is 62.8 cm³/mol. The molecule has 90 valence electrons. The Labute approximate surface area is 99.8 Å². The van der Waals surface area contributed by atoms with Gasteiger partial charge in [0.15, 0.2) is 0 Å². The molecule has 0 amide bonds. The molecule has 0 aliphatic rings. The largest absolute Gasteiger partial charge is 0.497 e. The van der Waals surface area contributed by atoms with Gasteiger partial charge in [-0.05, 0) is 17.7 Å². The maximum atomic E-state index is 9.12. The van der Waals surface area contributed by atoms with E-state index in [0.29, 0.717) is 23.9 Å². The lowest BCUT2D eigenvalue weighted by Gasteiger charge is -2.10. The van der Waals surface area contributed by atoms with Gasteiger partial charge in [-0.2, -0.15) is 0 Å². The molecule has 0 aliphatic heterocycles. The number of ether oxygens (including phenoxy) is 1. The van der Waals surface area contributed by atoms with Crippen molar-refractivity contribution in [1.82, 2.24) is 5.32 Å². The van der Waals surface area contributed by atoms with Crippen molar-refractivity contribution >= 4 is 11.6 Å². The molecule has 4 nitrogen and oxygen atoms in total. The second-order valence-corrected chi connectivity index (χ2v) is 3.83. The van der Waals surface area contributed by atoms with Crippen LogP contribution in [0.4, 0.5) is 0 Å². The van der Waals surface area contributed by atoms with Crippen LogP contribution in [0.15, 0.2) is 18.2 Å². The minimum atomic E-state index is -0.739. The smallest absolute Gasteiger partial charge is 0.120 e. The number of hydrogen-bond donors (Lipinski definition) is 3. The summed E-state index contributed by atoms with van der Waals surface area (Å²) >= 11 is 6.03. The minimum Gasteiger partial charge on any atom is -0.497 e. The number of halogens is 1. The van der Waals surface area contributed by atoms with Crippen molar-refractivity contribution in [3.05, 3.63) is 28.8 Å². The first-order chi connectivity index (χ1) is 7.67. The van der Waals surface area contributed by atoms with Crippen LogP contribution in [-0.2, 0) is 6.54 Å². The van der Waals surface area contributed by atoms with Crippen molar-refractivity contribution in [2.45, 2.75) is 12.6 Å². The van der Waals surface area contributed by atoms with E-state index in [1.807, 2.05) is 12.1 Å². The number of aliphatic hydroxyl groups excluding tert-OH is 2. The molecule has 1 unspecified atom stereocenters. The quantitative estimate of drug-likeness (QED) is 0.694. The lowest BCUT2D eigenvalue weighted by molar-refractivity contribution is 0.0942. The van der Waals surface area contributed by atoms with E-state index >= 15 is 0 Å². The summed E-state index contributed by atoms with van der Waals surface area (Å²) in [6, 6.07) is 5.42. The second-order valence-electron chi connectivity index (χ2n) is 3.42. The number of benzene rings is 1. The molecule has 0 saturated heterocycles. The fourth-order valence-electron chi connectivity index (χ4n) is 1.24. The van der Waals surface area contributed by atoms with Gasteiger partial charge in [-0.25, -0.2) is 0 Å². The van der Waals surface area contributed by atoms with Gasteiger partial charge >= 0.3 is 0 Å². The number of methoxy groups -OCH3 is 1. The topological polar surface area (TPSA) is 61.7 Å². The van der Waals surface area contributed by atoms with Gasteiger partial charge in [-0.3, -0.25) is 0 Å². The summed E-state index contributed by atoms with van der Waals surface area (Å²) in [5.41, 5.74) is 0.924. The Kier molecular flexibility index (Phi) is 5.55. The van der Waals surface area contributed by atoms with Crippen molar-refractivity contribution in [2.24, 2.45) is 0 Å². The monoisotopic (exact) mass is 245 g/mol. The van der Waals surface area contributed by atoms with Crippen molar-refractivity contribution in [3.63, 3.8) is 0 Å². The number of aliphatic hydroxyl groups is 2. The second kappa shape index (κ2) is 6.70. The van der Waals surface area contributed by atoms with Crippen LogP contribution in [-0.4, -0.2) is 36.6 Å². The van der Waals surface area contributed by atoms with E-state index in [2.05, 4.69) is 5.32 Å². The van der Waals surface area contributed by atoms with Gasteiger partial charge in [0.25, 0.3) is 0 Å². The predicted octanol–water partition coefficient (Wildman–Crippen LogP) is 0.791. The Morgan fingerprint density at radius 1 is 1.50 bits per heavy atom. The molecule has 1 aromatic rings. The van der Waals surface area contributed by atoms with Crippen LogP contribution in [0.1, 0.15) is 5.56 Å². The zero-order chi connectivity index (χ0) is 12.0. The summed E-state index contributed by atoms with van der Waals surface area (Å²) in [6.45, 7) is 0.627. The molecule has 0 saturated carbocycles. The Morgan fingerprint density at radius 2 is 2.25 bits per heavy atom. The van der Waals surface area contributed by atoms with Crippen LogP contribution in [0, 0.1) is 0 Å². The van der Waals surface area contributed by atoms with Gasteiger partial charge in [0.1, 0.15) is 5.75 Å². The third-order valence-corrected chi connectivity index (χ3v) is 2.52. The van der Waals surface area contributed by atoms with E-state index in [-0.39, 0.29) is 6.61 Å². The highest BCUT2D eigenvalue weighted by Crippen LogP contribution is 2.21. The van der Waals surface area contributed by atoms with Crippen LogP contribution in [0.2, 0.25) is 5.02 Å². The molecule has 5 heteroatoms. The third-order valence-electron chi connectivity index (χ3n) is 2.17. The Balaban J connectivity index is 2.48. The van der Waals surface area contributed by atoms with Crippen molar-refractivity contribution in [1.29, 1.82) is 0 Å². The molecule has 0 spiro atoms. The van der Waals surface area contributed by atoms with Crippen molar-refractivity contribution in [2.75, 3.05) is 20.3 Å². The van der Waals surface area contributed by atoms with Crippen LogP contribution < -0.4 is 10.1 Å². The Hall–Kier alpha value is -0.810. The number of hydrogen-bond acceptors (Lipinski definition) is 4. The first-order valence-electron chi connectivity index (χ1n) is 4.99. The molecule has 0 fully saturated rings. The van der Waals surface area contributed by atoms with Gasteiger partial charge in [-0.15, -0.1) is 0 Å². The van der Waals surface area contributed by atoms with E-state index in [4.69, 9.17) is 26.6 Å². The van der Waals surface area contributed by atoms with Crippen LogP contribution in [0.3, 0.4) is 0 Å². The molecular weight excluding hydrogens is 230 g/mol. The molecule has 0 aromatic heterocycles. The molecule has 0 bridgehead atoms. The maximum Gasteiger partial charge on any atom is 0.120 e. The highest BCUT2D eigenvalue weighted by atomic mass is 35.5. The molecule has 3 N–H and O–H groups in total. The van der Waals surface area contributed by atoms with Crippen molar-refractivity contribution < 1.29 is 14.9 Å². The first-order valence-corrected chi connectivity index (χ1v) is 5.37. The van der Waals surface area contributed by atoms with Gasteiger partial charge in [0.05, 0.1) is 19.8 Å². The summed E-state index contributed by atoms with van der Waals surface area (Å²) < 4.78 is 5.03. The molecule has 0 heterocycles. The van der Waals surface area contributed by atoms with E-state index in [9.17, 15) is 0 Å². The first kappa shape index (κ1) is 13.3. The van der Waals surface area contributed by atoms with Gasteiger partial charge in [0, 0.05) is 18.1 Å². The molecule has 16 heavy (non-hydrogen) atoms. The third kappa shape index (κ3) is 3.98. The molecule has 0 aliphatic carbocycles. The van der Waals surface area contributed by atoms with Crippen molar-refractivity contribution in [3.8, 4) is 5.75 Å². The van der Waals surface area contributed by atoms with Crippen LogP contribution in [0.25, 0.3) is 0 Å². The van der Waals surface area contributed by atoms with E-state index in [1.54, 1.807) is 13.2 Å². The fourth-order valence-corrected chi connectivity index (χ4v) is 1.47. The summed E-state index contributed by atoms with van der Waals surface area (Å²) in [6.07, 6.45) is -0.739. The Morgan fingerprint density at radius 3 is 2.81 bits per heavy atom. The molecule has 1 atom stereocenters. The Bertz CT molecular complexity index is 333. The van der Waals surface area contributed by atoms with Gasteiger partial charge in [-0.1, -0.05) is 17.7 Å². The lowest BCUT2D eigenvalue weighted by atomic mass is 10.2. The molecule has 0 radical (unpaired) electrons. The average Bonchev–Trinajstić information content (AvgIpc) is 2.30. The summed E-state index contributed by atoms with van der Waals surface area (Å²) in [4.78, 5) is 0. The molecular formula is C11H16ClNO3. The summed E-state index contributed by atoms with van der Waals surface area (Å²) in [5, 5.41) is 21.4. The zero-order valence-corrected chi connectivity index (χ0v) is 9.87.